The topological polar surface area (TPSA) is 42.8 Å². The van der Waals surface area contributed by atoms with Gasteiger partial charge in [0.05, 0.1) is 20.2 Å². The number of benzene rings is 1. The van der Waals surface area contributed by atoms with Gasteiger partial charge in [-0.05, 0) is 49.9 Å². The number of quaternary nitrogens is 1. The Bertz CT molecular complexity index is 436. The van der Waals surface area contributed by atoms with E-state index in [-0.39, 0.29) is 11.9 Å². The number of piperidine rings is 1. The molecule has 1 amide bonds. The molecule has 0 saturated carbocycles. The van der Waals surface area contributed by atoms with Gasteiger partial charge in [0, 0.05) is 5.69 Å². The Morgan fingerprint density at radius 3 is 2.45 bits per heavy atom. The van der Waals surface area contributed by atoms with Crippen LogP contribution >= 0.6 is 0 Å². The molecule has 0 radical (unpaired) electrons. The van der Waals surface area contributed by atoms with Gasteiger partial charge in [0.2, 0.25) is 0 Å². The molecule has 0 aromatic heterocycles. The van der Waals surface area contributed by atoms with Crippen LogP contribution in [0.25, 0.3) is 0 Å². The molecule has 1 fully saturated rings. The quantitative estimate of drug-likeness (QED) is 0.872. The normalized spacial score (nSPS) is 23.9. The van der Waals surface area contributed by atoms with Crippen LogP contribution in [0.4, 0.5) is 5.69 Å². The van der Waals surface area contributed by atoms with E-state index in [2.05, 4.69) is 12.2 Å². The zero-order valence-electron chi connectivity index (χ0n) is 12.6. The van der Waals surface area contributed by atoms with E-state index in [4.69, 9.17) is 4.74 Å². The molecule has 20 heavy (non-hydrogen) atoms. The third-order valence-corrected chi connectivity index (χ3v) is 4.28. The third-order valence-electron chi connectivity index (χ3n) is 4.28. The fourth-order valence-electron chi connectivity index (χ4n) is 2.68. The molecule has 1 aliphatic rings. The van der Waals surface area contributed by atoms with E-state index in [0.29, 0.717) is 0 Å². The van der Waals surface area contributed by atoms with Crippen LogP contribution in [0.3, 0.4) is 0 Å². The van der Waals surface area contributed by atoms with Gasteiger partial charge in [-0.25, -0.2) is 0 Å². The first-order chi connectivity index (χ1) is 9.60. The van der Waals surface area contributed by atoms with Crippen molar-refractivity contribution in [3.05, 3.63) is 24.3 Å². The number of nitrogens with one attached hydrogen (secondary N) is 2. The summed E-state index contributed by atoms with van der Waals surface area (Å²) < 4.78 is 5.11. The lowest BCUT2D eigenvalue weighted by molar-refractivity contribution is -0.919. The van der Waals surface area contributed by atoms with Crippen LogP contribution in [-0.4, -0.2) is 32.1 Å². The van der Waals surface area contributed by atoms with Crippen molar-refractivity contribution < 1.29 is 14.4 Å². The molecule has 4 nitrogen and oxygen atoms in total. The predicted octanol–water partition coefficient (Wildman–Crippen LogP) is 1.34. The highest BCUT2D eigenvalue weighted by Gasteiger charge is 2.28. The minimum atomic E-state index is 0.00426. The van der Waals surface area contributed by atoms with Crippen LogP contribution in [-0.2, 0) is 4.79 Å². The molecule has 1 heterocycles. The Kier molecular flexibility index (Phi) is 5.01. The molecule has 110 valence electrons. The predicted molar refractivity (Wildman–Crippen MR) is 80.2 cm³/mol. The number of carbonyl (C=O) groups is 1. The summed E-state index contributed by atoms with van der Waals surface area (Å²) in [4.78, 5) is 13.7. The van der Waals surface area contributed by atoms with Gasteiger partial charge in [-0.2, -0.15) is 0 Å². The van der Waals surface area contributed by atoms with Gasteiger partial charge in [-0.1, -0.05) is 6.92 Å². The minimum absolute atomic E-state index is 0.00426. The summed E-state index contributed by atoms with van der Waals surface area (Å²) in [5.41, 5.74) is 0.826. The number of carbonyl (C=O) groups excluding carboxylic acids is 1. The first-order valence-electron chi connectivity index (χ1n) is 7.39. The molecular formula is C16H25N2O2+. The molecule has 0 aliphatic carbocycles. The van der Waals surface area contributed by atoms with E-state index in [0.717, 1.165) is 30.4 Å². The van der Waals surface area contributed by atoms with Crippen molar-refractivity contribution in [2.45, 2.75) is 32.7 Å². The van der Waals surface area contributed by atoms with E-state index in [1.807, 2.05) is 31.2 Å². The van der Waals surface area contributed by atoms with E-state index >= 15 is 0 Å². The number of methoxy groups -OCH3 is 1. The van der Waals surface area contributed by atoms with Crippen LogP contribution in [0.5, 0.6) is 5.75 Å². The first kappa shape index (κ1) is 14.9. The number of anilines is 1. The Morgan fingerprint density at radius 1 is 1.30 bits per heavy atom. The zero-order valence-corrected chi connectivity index (χ0v) is 12.6. The van der Waals surface area contributed by atoms with E-state index in [9.17, 15) is 4.79 Å². The van der Waals surface area contributed by atoms with Crippen LogP contribution in [0.15, 0.2) is 24.3 Å². The van der Waals surface area contributed by atoms with Crippen molar-refractivity contribution >= 4 is 11.6 Å². The first-order valence-corrected chi connectivity index (χ1v) is 7.39. The van der Waals surface area contributed by atoms with Crippen LogP contribution in [0, 0.1) is 5.92 Å². The standard InChI is InChI=1S/C16H24N2O2/c1-12-8-10-18(11-9-12)13(2)16(19)17-14-4-6-15(20-3)7-5-14/h4-7,12-13H,8-11H2,1-3H3,(H,17,19)/p+1/t13-/m1/s1. The maximum absolute atomic E-state index is 12.3. The van der Waals surface area contributed by atoms with Gasteiger partial charge in [0.1, 0.15) is 5.75 Å². The van der Waals surface area contributed by atoms with Crippen molar-refractivity contribution in [3.8, 4) is 5.75 Å². The molecular weight excluding hydrogens is 252 g/mol. The smallest absolute Gasteiger partial charge is 0.282 e. The van der Waals surface area contributed by atoms with Crippen LogP contribution in [0.2, 0.25) is 0 Å². The average Bonchev–Trinajstić information content (AvgIpc) is 2.48. The lowest BCUT2D eigenvalue weighted by Gasteiger charge is -2.31. The number of rotatable bonds is 4. The van der Waals surface area contributed by atoms with Gasteiger partial charge >= 0.3 is 0 Å². The molecule has 1 aliphatic heterocycles. The Morgan fingerprint density at radius 2 is 1.90 bits per heavy atom. The fourth-order valence-corrected chi connectivity index (χ4v) is 2.68. The average molecular weight is 277 g/mol. The van der Waals surface area contributed by atoms with Gasteiger partial charge in [-0.15, -0.1) is 0 Å². The molecule has 0 unspecified atom stereocenters. The highest BCUT2D eigenvalue weighted by Crippen LogP contribution is 2.15. The van der Waals surface area contributed by atoms with Gasteiger partial charge < -0.3 is 15.0 Å². The van der Waals surface area contributed by atoms with E-state index in [1.54, 1.807) is 7.11 Å². The number of ether oxygens (including phenoxy) is 1. The second kappa shape index (κ2) is 6.75. The zero-order chi connectivity index (χ0) is 14.5. The summed E-state index contributed by atoms with van der Waals surface area (Å²) in [6.07, 6.45) is 2.44. The maximum atomic E-state index is 12.3. The second-order valence-electron chi connectivity index (χ2n) is 5.78. The summed E-state index contributed by atoms with van der Waals surface area (Å²) in [7, 11) is 1.64. The molecule has 1 saturated heterocycles. The summed E-state index contributed by atoms with van der Waals surface area (Å²) >= 11 is 0. The lowest BCUT2D eigenvalue weighted by atomic mass is 9.98. The number of hydrogen-bond acceptors (Lipinski definition) is 2. The fraction of sp³-hybridized carbons (Fsp3) is 0.562. The van der Waals surface area contributed by atoms with Crippen molar-refractivity contribution in [2.75, 3.05) is 25.5 Å². The van der Waals surface area contributed by atoms with Crippen LogP contribution < -0.4 is 15.0 Å². The maximum Gasteiger partial charge on any atom is 0.282 e. The molecule has 1 atom stereocenters. The minimum Gasteiger partial charge on any atom is -0.497 e. The van der Waals surface area contributed by atoms with Crippen molar-refractivity contribution in [1.82, 2.24) is 0 Å². The largest absolute Gasteiger partial charge is 0.497 e. The third kappa shape index (κ3) is 3.73. The van der Waals surface area contributed by atoms with Gasteiger partial charge in [0.25, 0.3) is 5.91 Å². The van der Waals surface area contributed by atoms with Crippen molar-refractivity contribution in [1.29, 1.82) is 0 Å². The highest BCUT2D eigenvalue weighted by molar-refractivity contribution is 5.93. The molecule has 4 heteroatoms. The summed E-state index contributed by atoms with van der Waals surface area (Å²) in [6.45, 7) is 6.50. The molecule has 1 aromatic rings. The van der Waals surface area contributed by atoms with Gasteiger partial charge in [0.15, 0.2) is 6.04 Å². The molecule has 0 bridgehead atoms. The van der Waals surface area contributed by atoms with E-state index in [1.165, 1.54) is 17.7 Å². The SMILES string of the molecule is COc1ccc(NC(=O)[C@@H](C)[NH+]2CCC(C)CC2)cc1. The molecule has 2 N–H and O–H groups in total. The summed E-state index contributed by atoms with van der Waals surface area (Å²) in [5.74, 6) is 1.70. The highest BCUT2D eigenvalue weighted by atomic mass is 16.5. The Hall–Kier alpha value is -1.55. The number of amides is 1. The summed E-state index contributed by atoms with van der Waals surface area (Å²) in [5, 5.41) is 2.99. The molecule has 1 aromatic carbocycles. The lowest BCUT2D eigenvalue weighted by Crippen LogP contribution is -3.17. The monoisotopic (exact) mass is 277 g/mol. The molecule has 0 spiro atoms. The van der Waals surface area contributed by atoms with Crippen LogP contribution in [0.1, 0.15) is 26.7 Å². The molecule has 2 rings (SSSR count). The van der Waals surface area contributed by atoms with Crippen molar-refractivity contribution in [3.63, 3.8) is 0 Å². The number of hydrogen-bond donors (Lipinski definition) is 2. The Balaban J connectivity index is 1.89. The Labute approximate surface area is 121 Å². The van der Waals surface area contributed by atoms with Gasteiger partial charge in [-0.3, -0.25) is 4.79 Å². The van der Waals surface area contributed by atoms with E-state index < -0.39 is 0 Å². The summed E-state index contributed by atoms with van der Waals surface area (Å²) in [6, 6.07) is 7.46. The van der Waals surface area contributed by atoms with Crippen molar-refractivity contribution in [2.24, 2.45) is 5.92 Å². The number of likely N-dealkylation sites (tertiary alicyclic amines) is 1. The second-order valence-corrected chi connectivity index (χ2v) is 5.78.